The summed E-state index contributed by atoms with van der Waals surface area (Å²) in [7, 11) is 0. The lowest BCUT2D eigenvalue weighted by Crippen LogP contribution is -2.39. The molecule has 0 saturated heterocycles. The van der Waals surface area contributed by atoms with Crippen LogP contribution < -0.4 is 0 Å². The average molecular weight is 225 g/mol. The summed E-state index contributed by atoms with van der Waals surface area (Å²) in [5.41, 5.74) is 5.79. The van der Waals surface area contributed by atoms with Crippen LogP contribution in [0, 0.1) is 4.91 Å². The molecule has 2 atom stereocenters. The highest BCUT2D eigenvalue weighted by Gasteiger charge is 2.53. The van der Waals surface area contributed by atoms with Gasteiger partial charge in [-0.3, -0.25) is 0 Å². The van der Waals surface area contributed by atoms with Crippen LogP contribution in [0.15, 0.2) is 46.7 Å². The van der Waals surface area contributed by atoms with E-state index in [1.807, 2.05) is 6.07 Å². The third kappa shape index (κ3) is 1.05. The van der Waals surface area contributed by atoms with Crippen LogP contribution >= 0.6 is 0 Å². The van der Waals surface area contributed by atoms with Crippen LogP contribution in [-0.2, 0) is 5.41 Å². The fourth-order valence-corrected chi connectivity index (χ4v) is 3.44. The van der Waals surface area contributed by atoms with Gasteiger partial charge in [0.1, 0.15) is 5.69 Å². The van der Waals surface area contributed by atoms with Gasteiger partial charge in [0.25, 0.3) is 0 Å². The van der Waals surface area contributed by atoms with Crippen molar-refractivity contribution in [1.82, 2.24) is 0 Å². The number of fused-ring (bicyclic) bond motifs is 4. The van der Waals surface area contributed by atoms with Crippen molar-refractivity contribution < 1.29 is 0 Å². The smallest absolute Gasteiger partial charge is 0.112 e. The summed E-state index contributed by atoms with van der Waals surface area (Å²) in [5.74, 6) is 0.330. The van der Waals surface area contributed by atoms with Crippen LogP contribution in [0.3, 0.4) is 0 Å². The number of nitroso groups, excluding NO2 is 1. The maximum Gasteiger partial charge on any atom is 0.112 e. The van der Waals surface area contributed by atoms with Gasteiger partial charge in [0.2, 0.25) is 0 Å². The molecule has 17 heavy (non-hydrogen) atoms. The Morgan fingerprint density at radius 3 is 2.76 bits per heavy atom. The molecule has 0 fully saturated rings. The van der Waals surface area contributed by atoms with Crippen molar-refractivity contribution in [1.29, 1.82) is 0 Å². The summed E-state index contributed by atoms with van der Waals surface area (Å²) in [4.78, 5) is 10.8. The van der Waals surface area contributed by atoms with Gasteiger partial charge in [-0.05, 0) is 41.8 Å². The quantitative estimate of drug-likeness (QED) is 0.653. The van der Waals surface area contributed by atoms with Gasteiger partial charge in [-0.15, -0.1) is 4.91 Å². The SMILES string of the molecule is CC(C)=C1C=CC2c3c(N=O)cccc3C12C. The van der Waals surface area contributed by atoms with Gasteiger partial charge in [-0.25, -0.2) is 0 Å². The van der Waals surface area contributed by atoms with Crippen LogP contribution in [0.25, 0.3) is 0 Å². The molecular weight excluding hydrogens is 210 g/mol. The minimum atomic E-state index is 0.0644. The number of hydrogen-bond acceptors (Lipinski definition) is 2. The molecular formula is C15H15NO. The molecule has 2 nitrogen and oxygen atoms in total. The third-order valence-corrected chi connectivity index (χ3v) is 4.23. The van der Waals surface area contributed by atoms with E-state index in [0.29, 0.717) is 11.6 Å². The zero-order chi connectivity index (χ0) is 12.2. The van der Waals surface area contributed by atoms with Crippen molar-refractivity contribution in [3.63, 3.8) is 0 Å². The molecule has 0 heterocycles. The van der Waals surface area contributed by atoms with Crippen molar-refractivity contribution in [2.45, 2.75) is 32.1 Å². The van der Waals surface area contributed by atoms with Gasteiger partial charge in [-0.1, -0.05) is 36.8 Å². The van der Waals surface area contributed by atoms with Crippen molar-refractivity contribution in [2.24, 2.45) is 5.18 Å². The lowest BCUT2D eigenvalue weighted by atomic mass is 9.56. The van der Waals surface area contributed by atoms with Crippen LogP contribution in [0.2, 0.25) is 0 Å². The maximum absolute atomic E-state index is 10.8. The van der Waals surface area contributed by atoms with Crippen molar-refractivity contribution in [3.05, 3.63) is 57.5 Å². The first-order valence-corrected chi connectivity index (χ1v) is 5.93. The van der Waals surface area contributed by atoms with Gasteiger partial charge < -0.3 is 0 Å². The predicted octanol–water partition coefficient (Wildman–Crippen LogP) is 4.35. The molecule has 0 radical (unpaired) electrons. The monoisotopic (exact) mass is 225 g/mol. The Bertz CT molecular complexity index is 579. The zero-order valence-corrected chi connectivity index (χ0v) is 10.3. The van der Waals surface area contributed by atoms with E-state index in [-0.39, 0.29) is 5.41 Å². The van der Waals surface area contributed by atoms with Crippen LogP contribution in [-0.4, -0.2) is 0 Å². The van der Waals surface area contributed by atoms with E-state index >= 15 is 0 Å². The Balaban J connectivity index is 2.26. The van der Waals surface area contributed by atoms with Crippen LogP contribution in [0.1, 0.15) is 37.8 Å². The first kappa shape index (κ1) is 10.5. The molecule has 2 unspecified atom stereocenters. The average Bonchev–Trinajstić information content (AvgIpc) is 2.60. The summed E-state index contributed by atoms with van der Waals surface area (Å²) in [6, 6.07) is 5.86. The zero-order valence-electron chi connectivity index (χ0n) is 10.3. The van der Waals surface area contributed by atoms with Gasteiger partial charge >= 0.3 is 0 Å². The number of rotatable bonds is 1. The second-order valence-electron chi connectivity index (χ2n) is 5.28. The fraction of sp³-hybridized carbons (Fsp3) is 0.333. The van der Waals surface area contributed by atoms with E-state index in [4.69, 9.17) is 0 Å². The van der Waals surface area contributed by atoms with Crippen molar-refractivity contribution in [3.8, 4) is 0 Å². The Morgan fingerprint density at radius 2 is 2.12 bits per heavy atom. The first-order valence-electron chi connectivity index (χ1n) is 5.93. The number of nitrogens with zero attached hydrogens (tertiary/aromatic N) is 1. The molecule has 1 aromatic rings. The minimum Gasteiger partial charge on any atom is -0.145 e. The van der Waals surface area contributed by atoms with E-state index in [1.54, 1.807) is 6.07 Å². The summed E-state index contributed by atoms with van der Waals surface area (Å²) in [5, 5.41) is 3.14. The highest BCUT2D eigenvalue weighted by atomic mass is 16.3. The fourth-order valence-electron chi connectivity index (χ4n) is 3.44. The standard InChI is InChI=1S/C15H15NO/c1-9(2)10-7-8-12-14-11(15(10,12)3)5-4-6-13(14)16-17/h4-8,12H,1-3H3. The molecule has 0 aromatic heterocycles. The number of benzene rings is 1. The Labute approximate surface area is 101 Å². The van der Waals surface area contributed by atoms with Crippen LogP contribution in [0.5, 0.6) is 0 Å². The second kappa shape index (κ2) is 3.16. The number of allylic oxidation sites excluding steroid dienone is 4. The summed E-state index contributed by atoms with van der Waals surface area (Å²) in [6.07, 6.45) is 4.41. The highest BCUT2D eigenvalue weighted by molar-refractivity contribution is 5.71. The van der Waals surface area contributed by atoms with Gasteiger partial charge in [-0.2, -0.15) is 0 Å². The normalized spacial score (nSPS) is 28.4. The molecule has 0 spiro atoms. The summed E-state index contributed by atoms with van der Waals surface area (Å²) >= 11 is 0. The first-order chi connectivity index (χ1) is 8.10. The van der Waals surface area contributed by atoms with Crippen molar-refractivity contribution >= 4 is 5.69 Å². The van der Waals surface area contributed by atoms with E-state index in [2.05, 4.69) is 44.2 Å². The van der Waals surface area contributed by atoms with E-state index in [0.717, 1.165) is 5.56 Å². The molecule has 1 aromatic carbocycles. The molecule has 2 aliphatic carbocycles. The summed E-state index contributed by atoms with van der Waals surface area (Å²) in [6.45, 7) is 6.55. The Kier molecular flexibility index (Phi) is 1.94. The molecule has 0 aliphatic heterocycles. The Morgan fingerprint density at radius 1 is 1.35 bits per heavy atom. The molecule has 0 amide bonds. The van der Waals surface area contributed by atoms with Crippen molar-refractivity contribution in [2.75, 3.05) is 0 Å². The lowest BCUT2D eigenvalue weighted by molar-refractivity contribution is 0.455. The van der Waals surface area contributed by atoms with Gasteiger partial charge in [0.05, 0.1) is 0 Å². The summed E-state index contributed by atoms with van der Waals surface area (Å²) < 4.78 is 0. The van der Waals surface area contributed by atoms with E-state index in [1.165, 1.54) is 16.7 Å². The lowest BCUT2D eigenvalue weighted by Gasteiger charge is -2.46. The predicted molar refractivity (Wildman–Crippen MR) is 69.5 cm³/mol. The molecule has 2 heteroatoms. The second-order valence-corrected chi connectivity index (χ2v) is 5.28. The Hall–Kier alpha value is -1.70. The van der Waals surface area contributed by atoms with Gasteiger partial charge in [0.15, 0.2) is 0 Å². The molecule has 3 rings (SSSR count). The molecule has 2 aliphatic rings. The van der Waals surface area contributed by atoms with Gasteiger partial charge in [0, 0.05) is 11.3 Å². The van der Waals surface area contributed by atoms with E-state index in [9.17, 15) is 4.91 Å². The maximum atomic E-state index is 10.8. The third-order valence-electron chi connectivity index (χ3n) is 4.23. The minimum absolute atomic E-state index is 0.0644. The number of hydrogen-bond donors (Lipinski definition) is 0. The van der Waals surface area contributed by atoms with E-state index < -0.39 is 0 Å². The molecule has 86 valence electrons. The molecule has 0 N–H and O–H groups in total. The molecule has 0 saturated carbocycles. The highest BCUT2D eigenvalue weighted by Crippen LogP contribution is 2.62. The largest absolute Gasteiger partial charge is 0.145 e. The van der Waals surface area contributed by atoms with Crippen LogP contribution in [0.4, 0.5) is 5.69 Å². The molecule has 0 bridgehead atoms. The topological polar surface area (TPSA) is 29.4 Å².